The first-order valence-corrected chi connectivity index (χ1v) is 6.06. The molecule has 74 valence electrons. The Labute approximate surface area is 91.4 Å². The van der Waals surface area contributed by atoms with Crippen molar-refractivity contribution in [2.24, 2.45) is 0 Å². The zero-order valence-electron chi connectivity index (χ0n) is 7.77. The summed E-state index contributed by atoms with van der Waals surface area (Å²) in [6.45, 7) is 0.888. The van der Waals surface area contributed by atoms with Crippen LogP contribution in [-0.4, -0.2) is 27.0 Å². The topological polar surface area (TPSA) is 30.7 Å². The average molecular weight is 228 g/mol. The van der Waals surface area contributed by atoms with Crippen LogP contribution in [0, 0.1) is 0 Å². The van der Waals surface area contributed by atoms with E-state index in [-0.39, 0.29) is 0 Å². The molecule has 0 aliphatic heterocycles. The van der Waals surface area contributed by atoms with Crippen LogP contribution < -0.4 is 0 Å². The summed E-state index contributed by atoms with van der Waals surface area (Å²) in [5.41, 5.74) is 1.90. The van der Waals surface area contributed by atoms with Gasteiger partial charge in [0.25, 0.3) is 0 Å². The van der Waals surface area contributed by atoms with Crippen LogP contribution in [-0.2, 0) is 6.54 Å². The Balaban J connectivity index is 2.37. The van der Waals surface area contributed by atoms with Crippen molar-refractivity contribution in [1.82, 2.24) is 15.0 Å². The summed E-state index contributed by atoms with van der Waals surface area (Å²) in [5, 5.41) is 8.82. The van der Waals surface area contributed by atoms with Gasteiger partial charge in [0.2, 0.25) is 0 Å². The van der Waals surface area contributed by atoms with Gasteiger partial charge in [-0.3, -0.25) is 0 Å². The molecular formula is C9H10ClN3S. The van der Waals surface area contributed by atoms with Crippen LogP contribution in [0.5, 0.6) is 0 Å². The highest BCUT2D eigenvalue weighted by Gasteiger charge is 2.03. The van der Waals surface area contributed by atoms with Crippen LogP contribution in [0.15, 0.2) is 18.2 Å². The molecule has 0 unspecified atom stereocenters. The van der Waals surface area contributed by atoms with E-state index in [1.807, 2.05) is 22.9 Å². The molecule has 0 radical (unpaired) electrons. The van der Waals surface area contributed by atoms with E-state index >= 15 is 0 Å². The number of fused-ring (bicyclic) bond motifs is 1. The molecule has 0 spiro atoms. The second-order valence-electron chi connectivity index (χ2n) is 2.94. The highest BCUT2D eigenvalue weighted by molar-refractivity contribution is 7.98. The quantitative estimate of drug-likeness (QED) is 0.807. The predicted molar refractivity (Wildman–Crippen MR) is 60.9 cm³/mol. The van der Waals surface area contributed by atoms with Gasteiger partial charge in [-0.2, -0.15) is 11.8 Å². The van der Waals surface area contributed by atoms with Gasteiger partial charge < -0.3 is 0 Å². The van der Waals surface area contributed by atoms with E-state index in [1.165, 1.54) is 0 Å². The highest BCUT2D eigenvalue weighted by atomic mass is 35.5. The molecule has 0 saturated heterocycles. The number of halogens is 1. The summed E-state index contributed by atoms with van der Waals surface area (Å²) in [5.74, 6) is 1.04. The third kappa shape index (κ3) is 1.86. The van der Waals surface area contributed by atoms with Crippen molar-refractivity contribution >= 4 is 34.4 Å². The second kappa shape index (κ2) is 4.19. The lowest BCUT2D eigenvalue weighted by molar-refractivity contribution is 0.652. The maximum Gasteiger partial charge on any atom is 0.114 e. The van der Waals surface area contributed by atoms with Gasteiger partial charge in [0, 0.05) is 10.8 Å². The van der Waals surface area contributed by atoms with Crippen LogP contribution in [0.4, 0.5) is 0 Å². The van der Waals surface area contributed by atoms with Gasteiger partial charge in [0.1, 0.15) is 5.52 Å². The molecule has 0 saturated carbocycles. The maximum absolute atomic E-state index is 5.85. The zero-order chi connectivity index (χ0) is 9.97. The van der Waals surface area contributed by atoms with Crippen molar-refractivity contribution in [3.8, 4) is 0 Å². The number of thioether (sulfide) groups is 1. The van der Waals surface area contributed by atoms with Gasteiger partial charge in [-0.25, -0.2) is 4.68 Å². The van der Waals surface area contributed by atoms with Crippen LogP contribution in [0.1, 0.15) is 0 Å². The van der Waals surface area contributed by atoms with Gasteiger partial charge in [-0.05, 0) is 24.5 Å². The van der Waals surface area contributed by atoms with Crippen molar-refractivity contribution in [3.05, 3.63) is 23.2 Å². The number of aryl methyl sites for hydroxylation is 1. The average Bonchev–Trinajstić information content (AvgIpc) is 2.57. The van der Waals surface area contributed by atoms with E-state index in [4.69, 9.17) is 11.6 Å². The summed E-state index contributed by atoms with van der Waals surface area (Å²) >= 11 is 7.65. The molecule has 1 aromatic heterocycles. The summed E-state index contributed by atoms with van der Waals surface area (Å²) in [4.78, 5) is 0. The molecule has 0 N–H and O–H groups in total. The Kier molecular flexibility index (Phi) is 2.93. The standard InChI is InChI=1S/C9H10ClN3S/c1-14-5-4-13-9-3-2-7(10)6-8(9)11-12-13/h2-3,6H,4-5H2,1H3. The Bertz CT molecular complexity index is 441. The first-order chi connectivity index (χ1) is 6.81. The first-order valence-electron chi connectivity index (χ1n) is 4.29. The molecule has 0 bridgehead atoms. The number of hydrogen-bond acceptors (Lipinski definition) is 3. The molecular weight excluding hydrogens is 218 g/mol. The molecule has 0 fully saturated rings. The molecule has 0 amide bonds. The number of hydrogen-bond donors (Lipinski definition) is 0. The van der Waals surface area contributed by atoms with E-state index in [2.05, 4.69) is 16.6 Å². The molecule has 0 aliphatic carbocycles. The van der Waals surface area contributed by atoms with Gasteiger partial charge in [-0.15, -0.1) is 5.10 Å². The minimum absolute atomic E-state index is 0.703. The fraction of sp³-hybridized carbons (Fsp3) is 0.333. The lowest BCUT2D eigenvalue weighted by Gasteiger charge is -1.99. The van der Waals surface area contributed by atoms with Gasteiger partial charge >= 0.3 is 0 Å². The van der Waals surface area contributed by atoms with Crippen LogP contribution >= 0.6 is 23.4 Å². The number of rotatable bonds is 3. The highest BCUT2D eigenvalue weighted by Crippen LogP contribution is 2.16. The number of benzene rings is 1. The minimum atomic E-state index is 0.703. The number of nitrogens with zero attached hydrogens (tertiary/aromatic N) is 3. The molecule has 1 aromatic carbocycles. The van der Waals surface area contributed by atoms with E-state index in [1.54, 1.807) is 11.8 Å². The Hall–Kier alpha value is -0.740. The van der Waals surface area contributed by atoms with Crippen molar-refractivity contribution < 1.29 is 0 Å². The largest absolute Gasteiger partial charge is 0.244 e. The molecule has 2 rings (SSSR count). The van der Waals surface area contributed by atoms with Gasteiger partial charge in [0.05, 0.1) is 12.1 Å². The molecule has 5 heteroatoms. The van der Waals surface area contributed by atoms with E-state index in [0.29, 0.717) is 5.02 Å². The van der Waals surface area contributed by atoms with Crippen molar-refractivity contribution in [1.29, 1.82) is 0 Å². The fourth-order valence-corrected chi connectivity index (χ4v) is 1.81. The fourth-order valence-electron chi connectivity index (χ4n) is 1.29. The van der Waals surface area contributed by atoms with Crippen molar-refractivity contribution in [3.63, 3.8) is 0 Å². The maximum atomic E-state index is 5.85. The zero-order valence-corrected chi connectivity index (χ0v) is 9.35. The monoisotopic (exact) mass is 227 g/mol. The lowest BCUT2D eigenvalue weighted by Crippen LogP contribution is -2.01. The van der Waals surface area contributed by atoms with Crippen molar-refractivity contribution in [2.45, 2.75) is 6.54 Å². The molecule has 0 aliphatic rings. The van der Waals surface area contributed by atoms with Crippen molar-refractivity contribution in [2.75, 3.05) is 12.0 Å². The minimum Gasteiger partial charge on any atom is -0.244 e. The number of aromatic nitrogens is 3. The first kappa shape index (κ1) is 9.80. The molecule has 14 heavy (non-hydrogen) atoms. The van der Waals surface area contributed by atoms with E-state index < -0.39 is 0 Å². The summed E-state index contributed by atoms with van der Waals surface area (Å²) in [7, 11) is 0. The smallest absolute Gasteiger partial charge is 0.114 e. The van der Waals surface area contributed by atoms with Gasteiger partial charge in [0.15, 0.2) is 0 Å². The Morgan fingerprint density at radius 1 is 1.50 bits per heavy atom. The van der Waals surface area contributed by atoms with Crippen LogP contribution in [0.3, 0.4) is 0 Å². The Morgan fingerprint density at radius 2 is 2.36 bits per heavy atom. The van der Waals surface area contributed by atoms with E-state index in [9.17, 15) is 0 Å². The lowest BCUT2D eigenvalue weighted by atomic mass is 10.3. The Morgan fingerprint density at radius 3 is 3.14 bits per heavy atom. The SMILES string of the molecule is CSCCn1nnc2cc(Cl)ccc21. The molecule has 1 heterocycles. The van der Waals surface area contributed by atoms with Crippen LogP contribution in [0.2, 0.25) is 5.02 Å². The second-order valence-corrected chi connectivity index (χ2v) is 4.36. The normalized spacial score (nSPS) is 11.0. The summed E-state index contributed by atoms with van der Waals surface area (Å²) in [6, 6.07) is 5.65. The summed E-state index contributed by atoms with van der Waals surface area (Å²) in [6.07, 6.45) is 2.08. The van der Waals surface area contributed by atoms with Gasteiger partial charge in [-0.1, -0.05) is 16.8 Å². The third-order valence-electron chi connectivity index (χ3n) is 1.98. The summed E-state index contributed by atoms with van der Waals surface area (Å²) < 4.78 is 1.90. The molecule has 3 nitrogen and oxygen atoms in total. The molecule has 0 atom stereocenters. The predicted octanol–water partition coefficient (Wildman–Crippen LogP) is 2.45. The van der Waals surface area contributed by atoms with E-state index in [0.717, 1.165) is 23.3 Å². The van der Waals surface area contributed by atoms with Crippen LogP contribution in [0.25, 0.3) is 11.0 Å². The molecule has 2 aromatic rings. The third-order valence-corrected chi connectivity index (χ3v) is 2.81.